The van der Waals surface area contributed by atoms with E-state index in [1.165, 1.54) is 35.6 Å². The van der Waals surface area contributed by atoms with Crippen LogP contribution < -0.4 is 4.80 Å². The molecule has 0 saturated heterocycles. The van der Waals surface area contributed by atoms with Gasteiger partial charge in [-0.1, -0.05) is 34.8 Å². The molecular formula is C17H12FN3O3S2. The molecule has 132 valence electrons. The number of thiazole rings is 1. The molecule has 6 nitrogen and oxygen atoms in total. The number of fused-ring (bicyclic) bond motifs is 1. The number of carbonyl (C=O) groups is 1. The minimum absolute atomic E-state index is 0.00200. The molecule has 2 heterocycles. The highest BCUT2D eigenvalue weighted by atomic mass is 32.1. The maximum atomic E-state index is 14.1. The summed E-state index contributed by atoms with van der Waals surface area (Å²) in [5.74, 6) is -0.929. The number of halogens is 1. The molecule has 0 aliphatic heterocycles. The van der Waals surface area contributed by atoms with Crippen molar-refractivity contribution in [1.29, 1.82) is 0 Å². The van der Waals surface area contributed by atoms with Gasteiger partial charge in [-0.25, -0.2) is 4.39 Å². The first-order valence-corrected chi connectivity index (χ1v) is 9.02. The lowest BCUT2D eigenvalue weighted by Gasteiger charge is -2.01. The lowest BCUT2D eigenvalue weighted by atomic mass is 10.3. The lowest BCUT2D eigenvalue weighted by Crippen LogP contribution is -2.16. The van der Waals surface area contributed by atoms with Crippen LogP contribution in [0.4, 0.5) is 9.39 Å². The fraction of sp³-hybridized carbons (Fsp3) is 0.0588. The zero-order valence-corrected chi connectivity index (χ0v) is 14.9. The molecule has 1 amide bonds. The largest absolute Gasteiger partial charge is 0.324 e. The summed E-state index contributed by atoms with van der Waals surface area (Å²) in [6.45, 7) is 3.97. The average molecular weight is 389 g/mol. The smallest absolute Gasteiger partial charge is 0.310 e. The quantitative estimate of drug-likeness (QED) is 0.285. The second-order valence-electron chi connectivity index (χ2n) is 5.09. The molecule has 0 saturated carbocycles. The first kappa shape index (κ1) is 17.9. The normalized spacial score (nSPS) is 12.1. The number of nitro groups is 1. The highest BCUT2D eigenvalue weighted by Crippen LogP contribution is 2.25. The van der Waals surface area contributed by atoms with E-state index in [4.69, 9.17) is 0 Å². The summed E-state index contributed by atoms with van der Waals surface area (Å²) in [4.78, 5) is 27.3. The van der Waals surface area contributed by atoms with Crippen molar-refractivity contribution in [2.45, 2.75) is 6.54 Å². The van der Waals surface area contributed by atoms with Gasteiger partial charge in [-0.15, -0.1) is 6.58 Å². The SMILES string of the molecule is C=CCn1c(=NC(=O)/C=C/c2ccc([N+](=O)[O-])s2)sc2cccc(F)c21. The van der Waals surface area contributed by atoms with Crippen molar-refractivity contribution in [3.63, 3.8) is 0 Å². The minimum Gasteiger partial charge on any atom is -0.310 e. The molecule has 1 aromatic carbocycles. The molecule has 0 radical (unpaired) electrons. The van der Waals surface area contributed by atoms with E-state index in [1.807, 2.05) is 0 Å². The molecule has 26 heavy (non-hydrogen) atoms. The molecule has 0 atom stereocenters. The van der Waals surface area contributed by atoms with Crippen molar-refractivity contribution in [2.24, 2.45) is 4.99 Å². The molecule has 0 aliphatic rings. The van der Waals surface area contributed by atoms with Crippen LogP contribution in [0.15, 0.2) is 54.1 Å². The summed E-state index contributed by atoms with van der Waals surface area (Å²) in [6.07, 6.45) is 4.30. The predicted molar refractivity (Wildman–Crippen MR) is 101 cm³/mol. The van der Waals surface area contributed by atoms with Gasteiger partial charge in [0.2, 0.25) is 0 Å². The summed E-state index contributed by atoms with van der Waals surface area (Å²) in [6, 6.07) is 7.64. The summed E-state index contributed by atoms with van der Waals surface area (Å²) in [7, 11) is 0. The fourth-order valence-electron chi connectivity index (χ4n) is 2.29. The van der Waals surface area contributed by atoms with E-state index >= 15 is 0 Å². The van der Waals surface area contributed by atoms with Gasteiger partial charge < -0.3 is 4.57 Å². The molecule has 3 aromatic rings. The van der Waals surface area contributed by atoms with Gasteiger partial charge >= 0.3 is 5.00 Å². The predicted octanol–water partition coefficient (Wildman–Crippen LogP) is 4.14. The number of carbonyl (C=O) groups excluding carboxylic acids is 1. The van der Waals surface area contributed by atoms with Gasteiger partial charge in [0.25, 0.3) is 5.91 Å². The van der Waals surface area contributed by atoms with Crippen LogP contribution in [0.2, 0.25) is 0 Å². The van der Waals surface area contributed by atoms with E-state index in [2.05, 4.69) is 11.6 Å². The molecule has 0 bridgehead atoms. The first-order valence-electron chi connectivity index (χ1n) is 7.39. The molecule has 0 N–H and O–H groups in total. The van der Waals surface area contributed by atoms with Crippen molar-refractivity contribution in [2.75, 3.05) is 0 Å². The number of rotatable bonds is 5. The standard InChI is InChI=1S/C17H12FN3O3S2/c1-2-10-20-16-12(18)4-3-5-13(16)26-17(20)19-14(22)8-6-11-7-9-15(25-11)21(23)24/h2-9H,1,10H2/b8-6+,19-17?. The van der Waals surface area contributed by atoms with Crippen molar-refractivity contribution >= 4 is 49.9 Å². The molecule has 0 fully saturated rings. The molecule has 9 heteroatoms. The zero-order valence-electron chi connectivity index (χ0n) is 13.3. The molecule has 0 aliphatic carbocycles. The summed E-state index contributed by atoms with van der Waals surface area (Å²) in [5, 5.41) is 10.7. The van der Waals surface area contributed by atoms with Crippen LogP contribution in [0.3, 0.4) is 0 Å². The van der Waals surface area contributed by atoms with Crippen molar-refractivity contribution < 1.29 is 14.1 Å². The average Bonchev–Trinajstić information content (AvgIpc) is 3.20. The Bertz CT molecular complexity index is 1110. The molecular weight excluding hydrogens is 377 g/mol. The molecule has 2 aromatic heterocycles. The monoisotopic (exact) mass is 389 g/mol. The second-order valence-corrected chi connectivity index (χ2v) is 7.19. The number of hydrogen-bond acceptors (Lipinski definition) is 5. The zero-order chi connectivity index (χ0) is 18.7. The summed E-state index contributed by atoms with van der Waals surface area (Å²) in [5.41, 5.74) is 0.377. The van der Waals surface area contributed by atoms with E-state index in [9.17, 15) is 19.3 Å². The van der Waals surface area contributed by atoms with Crippen LogP contribution in [-0.2, 0) is 11.3 Å². The van der Waals surface area contributed by atoms with E-state index in [0.29, 0.717) is 26.4 Å². The molecule has 0 spiro atoms. The number of hydrogen-bond donors (Lipinski definition) is 0. The summed E-state index contributed by atoms with van der Waals surface area (Å²) < 4.78 is 16.4. The molecule has 3 rings (SSSR count). The number of aromatic nitrogens is 1. The van der Waals surface area contributed by atoms with E-state index < -0.39 is 16.6 Å². The van der Waals surface area contributed by atoms with Crippen LogP contribution in [-0.4, -0.2) is 15.4 Å². The third-order valence-electron chi connectivity index (χ3n) is 3.35. The summed E-state index contributed by atoms with van der Waals surface area (Å²) >= 11 is 2.16. The minimum atomic E-state index is -0.536. The fourth-order valence-corrected chi connectivity index (χ4v) is 4.07. The Morgan fingerprint density at radius 2 is 2.15 bits per heavy atom. The highest BCUT2D eigenvalue weighted by molar-refractivity contribution is 7.16. The third-order valence-corrected chi connectivity index (χ3v) is 5.40. The topological polar surface area (TPSA) is 77.5 Å². The van der Waals surface area contributed by atoms with Gasteiger partial charge in [0.05, 0.1) is 15.1 Å². The number of thiophene rings is 1. The van der Waals surface area contributed by atoms with Crippen LogP contribution in [0, 0.1) is 15.9 Å². The van der Waals surface area contributed by atoms with Crippen LogP contribution in [0.1, 0.15) is 4.88 Å². The Balaban J connectivity index is 1.95. The lowest BCUT2D eigenvalue weighted by molar-refractivity contribution is -0.380. The molecule has 0 unspecified atom stereocenters. The Hall–Kier alpha value is -2.91. The van der Waals surface area contributed by atoms with Gasteiger partial charge in [0.15, 0.2) is 4.80 Å². The van der Waals surface area contributed by atoms with E-state index in [0.717, 1.165) is 11.3 Å². The van der Waals surface area contributed by atoms with Crippen molar-refractivity contribution in [3.8, 4) is 0 Å². The number of benzene rings is 1. The van der Waals surface area contributed by atoms with Crippen molar-refractivity contribution in [3.05, 3.63) is 74.7 Å². The van der Waals surface area contributed by atoms with Gasteiger partial charge in [0.1, 0.15) is 5.82 Å². The number of allylic oxidation sites excluding steroid dienone is 1. The highest BCUT2D eigenvalue weighted by Gasteiger charge is 2.11. The maximum Gasteiger partial charge on any atom is 0.324 e. The number of amides is 1. The van der Waals surface area contributed by atoms with Crippen LogP contribution in [0.5, 0.6) is 0 Å². The van der Waals surface area contributed by atoms with E-state index in [-0.39, 0.29) is 5.00 Å². The van der Waals surface area contributed by atoms with Gasteiger partial charge in [-0.05, 0) is 24.3 Å². The number of nitrogens with zero attached hydrogens (tertiary/aromatic N) is 3. The third kappa shape index (κ3) is 3.68. The van der Waals surface area contributed by atoms with Gasteiger partial charge in [0, 0.05) is 23.6 Å². The first-order chi connectivity index (χ1) is 12.5. The Labute approximate surface area is 155 Å². The second kappa shape index (κ2) is 7.54. The van der Waals surface area contributed by atoms with Gasteiger partial charge in [-0.3, -0.25) is 14.9 Å². The van der Waals surface area contributed by atoms with Crippen molar-refractivity contribution in [1.82, 2.24) is 4.57 Å². The Kier molecular flexibility index (Phi) is 5.19. The van der Waals surface area contributed by atoms with Gasteiger partial charge in [-0.2, -0.15) is 4.99 Å². The van der Waals surface area contributed by atoms with E-state index in [1.54, 1.807) is 28.8 Å². The van der Waals surface area contributed by atoms with Crippen LogP contribution in [0.25, 0.3) is 16.3 Å². The number of para-hydroxylation sites is 1. The van der Waals surface area contributed by atoms with Crippen LogP contribution >= 0.6 is 22.7 Å². The maximum absolute atomic E-state index is 14.1. The Morgan fingerprint density at radius 1 is 1.35 bits per heavy atom. The Morgan fingerprint density at radius 3 is 2.85 bits per heavy atom.